The number of rotatable bonds is 10. The topological polar surface area (TPSA) is 55.8 Å². The molecule has 2 atom stereocenters. The fourth-order valence-corrected chi connectivity index (χ4v) is 3.37. The maximum atomic E-state index is 12.3. The molecular formula is C22H27F3O4. The second kappa shape index (κ2) is 10.9. The van der Waals surface area contributed by atoms with Crippen LogP contribution in [0, 0.1) is 5.92 Å². The Labute approximate surface area is 169 Å². The zero-order chi connectivity index (χ0) is 21.3. The molecule has 160 valence electrons. The number of hydrogen-bond donors (Lipinski definition) is 1. The molecule has 2 aliphatic rings. The van der Waals surface area contributed by atoms with E-state index < -0.39 is 12.3 Å². The molecule has 0 aliphatic heterocycles. The highest BCUT2D eigenvalue weighted by atomic mass is 19.4. The molecule has 0 heterocycles. The maximum absolute atomic E-state index is 12.3. The van der Waals surface area contributed by atoms with Crippen LogP contribution < -0.4 is 0 Å². The average Bonchev–Trinajstić information content (AvgIpc) is 2.66. The Morgan fingerprint density at radius 2 is 2.07 bits per heavy atom. The molecule has 0 saturated carbocycles. The summed E-state index contributed by atoms with van der Waals surface area (Å²) in [7, 11) is 0. The minimum Gasteiger partial charge on any atom is -0.490 e. The minimum atomic E-state index is -4.63. The first-order valence-electron chi connectivity index (χ1n) is 9.78. The summed E-state index contributed by atoms with van der Waals surface area (Å²) in [5, 5.41) is 8.63. The number of halogens is 3. The van der Waals surface area contributed by atoms with E-state index in [0.29, 0.717) is 25.7 Å². The van der Waals surface area contributed by atoms with Crippen LogP contribution >= 0.6 is 0 Å². The van der Waals surface area contributed by atoms with E-state index >= 15 is 0 Å². The Morgan fingerprint density at radius 3 is 2.69 bits per heavy atom. The molecule has 0 aromatic carbocycles. The van der Waals surface area contributed by atoms with Crippen LogP contribution in [0.4, 0.5) is 13.2 Å². The van der Waals surface area contributed by atoms with E-state index in [2.05, 4.69) is 17.4 Å². The Kier molecular flexibility index (Phi) is 8.61. The van der Waals surface area contributed by atoms with Crippen LogP contribution in [0.5, 0.6) is 0 Å². The highest BCUT2D eigenvalue weighted by Gasteiger charge is 2.33. The Balaban J connectivity index is 1.87. The molecule has 0 bridgehead atoms. The first-order chi connectivity index (χ1) is 13.8. The summed E-state index contributed by atoms with van der Waals surface area (Å²) in [6.45, 7) is 3.79. The summed E-state index contributed by atoms with van der Waals surface area (Å²) in [5.74, 6) is 0.166. The van der Waals surface area contributed by atoms with Gasteiger partial charge in [0.1, 0.15) is 11.9 Å². The van der Waals surface area contributed by atoms with Crippen molar-refractivity contribution in [1.82, 2.24) is 0 Å². The normalized spacial score (nSPS) is 21.1. The van der Waals surface area contributed by atoms with Crippen molar-refractivity contribution in [3.8, 4) is 0 Å². The quantitative estimate of drug-likeness (QED) is 0.435. The van der Waals surface area contributed by atoms with Crippen LogP contribution in [0.3, 0.4) is 0 Å². The van der Waals surface area contributed by atoms with Crippen LogP contribution in [0.1, 0.15) is 51.4 Å². The lowest BCUT2D eigenvalue weighted by atomic mass is 9.84. The number of carbonyl (C=O) groups is 1. The van der Waals surface area contributed by atoms with E-state index in [1.165, 1.54) is 6.08 Å². The van der Waals surface area contributed by atoms with Crippen molar-refractivity contribution in [2.45, 2.75) is 63.8 Å². The number of alkyl halides is 3. The molecule has 0 spiro atoms. The van der Waals surface area contributed by atoms with E-state index in [1.807, 2.05) is 18.2 Å². The Morgan fingerprint density at radius 1 is 1.28 bits per heavy atom. The summed E-state index contributed by atoms with van der Waals surface area (Å²) in [6, 6.07) is 0. The number of hydrogen-bond acceptors (Lipinski definition) is 3. The minimum absolute atomic E-state index is 0.00739. The van der Waals surface area contributed by atoms with Gasteiger partial charge in [0.05, 0.1) is 5.76 Å². The number of carboxylic acid groups (broad SMARTS) is 1. The number of allylic oxidation sites excluding steroid dienone is 7. The lowest BCUT2D eigenvalue weighted by Gasteiger charge is -2.26. The molecular weight excluding hydrogens is 385 g/mol. The van der Waals surface area contributed by atoms with Gasteiger partial charge in [0.2, 0.25) is 0 Å². The van der Waals surface area contributed by atoms with Crippen molar-refractivity contribution in [2.75, 3.05) is 0 Å². The first kappa shape index (κ1) is 22.8. The molecule has 0 fully saturated rings. The highest BCUT2D eigenvalue weighted by molar-refractivity contribution is 5.66. The third-order valence-electron chi connectivity index (χ3n) is 4.81. The molecule has 0 aromatic heterocycles. The fraction of sp³-hybridized carbons (Fsp3) is 0.500. The summed E-state index contributed by atoms with van der Waals surface area (Å²) in [5.41, 5.74) is 1.09. The summed E-state index contributed by atoms with van der Waals surface area (Å²) < 4.78 is 47.0. The summed E-state index contributed by atoms with van der Waals surface area (Å²) in [4.78, 5) is 10.5. The molecule has 2 rings (SSSR count). The highest BCUT2D eigenvalue weighted by Crippen LogP contribution is 2.36. The standard InChI is InChI=1S/C22H27F3O4/c1-2-18(8-4-3-5-10-21(26)27)28-20-9-6-7-17(15-20)16-11-13-19(14-12-16)29-22(23,24)25/h2-4,7,13,15-16,18H,1,5-6,8-12,14H2,(H,26,27)/b4-3-. The van der Waals surface area contributed by atoms with Gasteiger partial charge in [0.15, 0.2) is 0 Å². The van der Waals surface area contributed by atoms with E-state index in [0.717, 1.165) is 24.2 Å². The van der Waals surface area contributed by atoms with Crippen LogP contribution in [0.25, 0.3) is 0 Å². The Hall–Kier alpha value is -2.44. The van der Waals surface area contributed by atoms with E-state index in [1.54, 1.807) is 6.08 Å². The van der Waals surface area contributed by atoms with Gasteiger partial charge >= 0.3 is 12.3 Å². The summed E-state index contributed by atoms with van der Waals surface area (Å²) in [6.07, 6.45) is 10.4. The van der Waals surface area contributed by atoms with Gasteiger partial charge < -0.3 is 14.6 Å². The molecule has 0 amide bonds. The SMILES string of the molecule is C=CC(C/C=C\CCC(=O)O)OC1=CC(C2CC=C(OC(F)(F)F)CC2)=CCC1. The van der Waals surface area contributed by atoms with Gasteiger partial charge in [-0.25, -0.2) is 0 Å². The zero-order valence-corrected chi connectivity index (χ0v) is 16.3. The molecule has 1 N–H and O–H groups in total. The fourth-order valence-electron chi connectivity index (χ4n) is 3.37. The van der Waals surface area contributed by atoms with Crippen molar-refractivity contribution in [3.05, 3.63) is 60.1 Å². The van der Waals surface area contributed by atoms with Gasteiger partial charge in [0, 0.05) is 25.7 Å². The van der Waals surface area contributed by atoms with Gasteiger partial charge in [-0.05, 0) is 49.3 Å². The third kappa shape index (κ3) is 8.62. The second-order valence-electron chi connectivity index (χ2n) is 7.07. The number of aliphatic carboxylic acids is 1. The predicted molar refractivity (Wildman–Crippen MR) is 104 cm³/mol. The molecule has 4 nitrogen and oxygen atoms in total. The Bertz CT molecular complexity index is 701. The molecule has 0 aromatic rings. The third-order valence-corrected chi connectivity index (χ3v) is 4.81. The molecule has 7 heteroatoms. The van der Waals surface area contributed by atoms with E-state index in [4.69, 9.17) is 9.84 Å². The van der Waals surface area contributed by atoms with Crippen LogP contribution in [0.2, 0.25) is 0 Å². The molecule has 2 aliphatic carbocycles. The summed E-state index contributed by atoms with van der Waals surface area (Å²) >= 11 is 0. The van der Waals surface area contributed by atoms with Gasteiger partial charge in [-0.1, -0.05) is 30.9 Å². The van der Waals surface area contributed by atoms with Crippen molar-refractivity contribution in [3.63, 3.8) is 0 Å². The van der Waals surface area contributed by atoms with E-state index in [-0.39, 0.29) is 30.6 Å². The van der Waals surface area contributed by atoms with Crippen molar-refractivity contribution < 1.29 is 32.5 Å². The van der Waals surface area contributed by atoms with E-state index in [9.17, 15) is 18.0 Å². The smallest absolute Gasteiger partial charge is 0.490 e. The lowest BCUT2D eigenvalue weighted by Crippen LogP contribution is -2.17. The molecule has 29 heavy (non-hydrogen) atoms. The monoisotopic (exact) mass is 412 g/mol. The van der Waals surface area contributed by atoms with Gasteiger partial charge in [-0.2, -0.15) is 0 Å². The van der Waals surface area contributed by atoms with Crippen LogP contribution in [-0.4, -0.2) is 23.5 Å². The zero-order valence-electron chi connectivity index (χ0n) is 16.3. The average molecular weight is 412 g/mol. The molecule has 0 radical (unpaired) electrons. The first-order valence-corrected chi connectivity index (χ1v) is 9.78. The number of ether oxygens (including phenoxy) is 2. The number of carboxylic acids is 1. The largest absolute Gasteiger partial charge is 0.572 e. The van der Waals surface area contributed by atoms with Gasteiger partial charge in [-0.15, -0.1) is 13.2 Å². The van der Waals surface area contributed by atoms with Gasteiger partial charge in [0.25, 0.3) is 0 Å². The second-order valence-corrected chi connectivity index (χ2v) is 7.07. The molecule has 2 unspecified atom stereocenters. The molecule has 0 saturated heterocycles. The van der Waals surface area contributed by atoms with Crippen molar-refractivity contribution in [1.29, 1.82) is 0 Å². The van der Waals surface area contributed by atoms with Crippen LogP contribution in [0.15, 0.2) is 60.1 Å². The van der Waals surface area contributed by atoms with Crippen molar-refractivity contribution in [2.24, 2.45) is 5.92 Å². The lowest BCUT2D eigenvalue weighted by molar-refractivity contribution is -0.307. The van der Waals surface area contributed by atoms with Crippen molar-refractivity contribution >= 4 is 5.97 Å². The van der Waals surface area contributed by atoms with Gasteiger partial charge in [-0.3, -0.25) is 4.79 Å². The predicted octanol–water partition coefficient (Wildman–Crippen LogP) is 6.19. The maximum Gasteiger partial charge on any atom is 0.572 e. The van der Waals surface area contributed by atoms with Crippen LogP contribution in [-0.2, 0) is 14.3 Å².